The van der Waals surface area contributed by atoms with Gasteiger partial charge in [0.15, 0.2) is 5.82 Å². The van der Waals surface area contributed by atoms with Gasteiger partial charge in [0, 0.05) is 17.9 Å². The average molecular weight is 336 g/mol. The van der Waals surface area contributed by atoms with Crippen LogP contribution in [0.15, 0.2) is 28.8 Å². The van der Waals surface area contributed by atoms with Gasteiger partial charge in [0.1, 0.15) is 0 Å². The maximum atomic E-state index is 11.3. The fourth-order valence-corrected chi connectivity index (χ4v) is 2.56. The van der Waals surface area contributed by atoms with E-state index in [9.17, 15) is 4.79 Å². The number of halogens is 1. The molecule has 0 spiro atoms. The van der Waals surface area contributed by atoms with E-state index in [2.05, 4.69) is 22.4 Å². The maximum Gasteiger partial charge on any atom is 0.230 e. The van der Waals surface area contributed by atoms with Gasteiger partial charge in [-0.1, -0.05) is 42.7 Å². The van der Waals surface area contributed by atoms with Crippen molar-refractivity contribution in [3.63, 3.8) is 0 Å². The second-order valence-corrected chi connectivity index (χ2v) is 6.83. The van der Waals surface area contributed by atoms with Gasteiger partial charge in [-0.3, -0.25) is 4.79 Å². The summed E-state index contributed by atoms with van der Waals surface area (Å²) >= 11 is 5.93. The lowest BCUT2D eigenvalue weighted by Gasteiger charge is -2.21. The molecule has 2 atom stereocenters. The normalized spacial score (nSPS) is 14.3. The van der Waals surface area contributed by atoms with Crippen LogP contribution in [-0.2, 0) is 10.3 Å². The zero-order valence-electron chi connectivity index (χ0n) is 14.1. The molecule has 0 bridgehead atoms. The van der Waals surface area contributed by atoms with Gasteiger partial charge in [-0.2, -0.15) is 4.98 Å². The Kier molecular flexibility index (Phi) is 5.09. The molecule has 0 aliphatic carbocycles. The molecule has 2 unspecified atom stereocenters. The van der Waals surface area contributed by atoms with Crippen LogP contribution in [0.1, 0.15) is 63.7 Å². The molecule has 1 N–H and O–H groups in total. The summed E-state index contributed by atoms with van der Waals surface area (Å²) < 4.78 is 5.42. The Morgan fingerprint density at radius 1 is 1.22 bits per heavy atom. The Balaban J connectivity index is 2.19. The van der Waals surface area contributed by atoms with E-state index in [1.165, 1.54) is 6.92 Å². The first-order chi connectivity index (χ1) is 10.7. The summed E-state index contributed by atoms with van der Waals surface area (Å²) in [6.07, 6.45) is 0. The minimum absolute atomic E-state index is 0.0468. The molecule has 0 saturated carbocycles. The van der Waals surface area contributed by atoms with Crippen LogP contribution < -0.4 is 5.32 Å². The van der Waals surface area contributed by atoms with Crippen LogP contribution in [0.4, 0.5) is 0 Å². The predicted molar refractivity (Wildman–Crippen MR) is 89.4 cm³/mol. The smallest absolute Gasteiger partial charge is 0.230 e. The van der Waals surface area contributed by atoms with Gasteiger partial charge in [0.25, 0.3) is 0 Å². The molecule has 2 aromatic rings. The van der Waals surface area contributed by atoms with Gasteiger partial charge in [0.05, 0.1) is 5.54 Å². The topological polar surface area (TPSA) is 68.0 Å². The van der Waals surface area contributed by atoms with Crippen LogP contribution in [0.3, 0.4) is 0 Å². The third kappa shape index (κ3) is 4.10. The highest BCUT2D eigenvalue weighted by atomic mass is 35.5. The predicted octanol–water partition coefficient (Wildman–Crippen LogP) is 4.00. The number of carbonyl (C=O) groups is 1. The maximum absolute atomic E-state index is 11.3. The summed E-state index contributed by atoms with van der Waals surface area (Å²) in [4.78, 5) is 15.8. The van der Waals surface area contributed by atoms with Crippen LogP contribution in [0.25, 0.3) is 0 Å². The van der Waals surface area contributed by atoms with Crippen LogP contribution in [0.5, 0.6) is 0 Å². The Morgan fingerprint density at radius 2 is 1.83 bits per heavy atom. The van der Waals surface area contributed by atoms with Gasteiger partial charge in [-0.05, 0) is 37.5 Å². The van der Waals surface area contributed by atoms with Crippen LogP contribution in [-0.4, -0.2) is 16.0 Å². The molecule has 0 fully saturated rings. The summed E-state index contributed by atoms with van der Waals surface area (Å²) in [6.45, 7) is 9.30. The zero-order valence-corrected chi connectivity index (χ0v) is 14.8. The Labute approximate surface area is 141 Å². The van der Waals surface area contributed by atoms with Crippen LogP contribution in [0, 0.1) is 0 Å². The quantitative estimate of drug-likeness (QED) is 0.896. The number of nitrogens with zero attached hydrogens (tertiary/aromatic N) is 2. The van der Waals surface area contributed by atoms with Crippen LogP contribution in [0.2, 0.25) is 5.02 Å². The molecule has 0 saturated heterocycles. The van der Waals surface area contributed by atoms with Crippen molar-refractivity contribution in [2.45, 2.75) is 52.0 Å². The molecule has 124 valence electrons. The van der Waals surface area contributed by atoms with Crippen molar-refractivity contribution >= 4 is 17.5 Å². The lowest BCUT2D eigenvalue weighted by Crippen LogP contribution is -2.40. The number of carbonyl (C=O) groups excluding carboxylic acids is 1. The molecule has 0 radical (unpaired) electrons. The molecule has 0 aliphatic heterocycles. The molecule has 1 aromatic heterocycles. The minimum atomic E-state index is -0.670. The number of hydrogen-bond donors (Lipinski definition) is 1. The molecule has 0 aliphatic rings. The van der Waals surface area contributed by atoms with Crippen molar-refractivity contribution in [3.05, 3.63) is 46.6 Å². The van der Waals surface area contributed by atoms with Crippen LogP contribution >= 0.6 is 11.6 Å². The van der Waals surface area contributed by atoms with Crippen molar-refractivity contribution in [2.24, 2.45) is 0 Å². The third-order valence-electron chi connectivity index (χ3n) is 4.02. The second-order valence-electron chi connectivity index (χ2n) is 6.39. The van der Waals surface area contributed by atoms with Gasteiger partial charge < -0.3 is 9.84 Å². The van der Waals surface area contributed by atoms with Gasteiger partial charge in [-0.15, -0.1) is 0 Å². The van der Waals surface area contributed by atoms with Crippen molar-refractivity contribution in [1.82, 2.24) is 15.5 Å². The zero-order chi connectivity index (χ0) is 17.2. The fourth-order valence-electron chi connectivity index (χ4n) is 2.44. The van der Waals surface area contributed by atoms with E-state index in [-0.39, 0.29) is 17.7 Å². The largest absolute Gasteiger partial charge is 0.344 e. The highest BCUT2D eigenvalue weighted by Crippen LogP contribution is 2.32. The van der Waals surface area contributed by atoms with Crippen molar-refractivity contribution in [1.29, 1.82) is 0 Å². The number of amides is 1. The number of rotatable bonds is 5. The molecule has 2 rings (SSSR count). The van der Waals surface area contributed by atoms with Crippen molar-refractivity contribution in [3.8, 4) is 0 Å². The summed E-state index contributed by atoms with van der Waals surface area (Å²) in [5.41, 5.74) is 0.486. The first-order valence-corrected chi connectivity index (χ1v) is 7.97. The van der Waals surface area contributed by atoms with E-state index in [4.69, 9.17) is 16.1 Å². The van der Waals surface area contributed by atoms with E-state index in [0.29, 0.717) is 16.7 Å². The van der Waals surface area contributed by atoms with E-state index in [0.717, 1.165) is 5.56 Å². The SMILES string of the molecule is CC(=O)NC(C)(C)c1noc(C(C)C(C)c2ccc(Cl)cc2)n1. The highest BCUT2D eigenvalue weighted by molar-refractivity contribution is 6.30. The standard InChI is InChI=1S/C17H22ClN3O2/c1-10(13-6-8-14(18)9-7-13)11(2)15-19-16(21-23-15)17(4,5)20-12(3)22/h6-11H,1-5H3,(H,20,22). The molecular weight excluding hydrogens is 314 g/mol. The second kappa shape index (κ2) is 6.71. The van der Waals surface area contributed by atoms with E-state index < -0.39 is 5.54 Å². The molecule has 1 aromatic carbocycles. The molecule has 23 heavy (non-hydrogen) atoms. The van der Waals surface area contributed by atoms with Crippen molar-refractivity contribution < 1.29 is 9.32 Å². The molecular formula is C17H22ClN3O2. The number of hydrogen-bond acceptors (Lipinski definition) is 4. The first-order valence-electron chi connectivity index (χ1n) is 7.59. The summed E-state index contributed by atoms with van der Waals surface area (Å²) in [5, 5.41) is 7.56. The van der Waals surface area contributed by atoms with E-state index in [1.807, 2.05) is 45.0 Å². The van der Waals surface area contributed by atoms with E-state index >= 15 is 0 Å². The number of benzene rings is 1. The lowest BCUT2D eigenvalue weighted by atomic mass is 9.89. The molecule has 1 heterocycles. The van der Waals surface area contributed by atoms with Gasteiger partial charge in [0.2, 0.25) is 11.8 Å². The minimum Gasteiger partial charge on any atom is -0.344 e. The Morgan fingerprint density at radius 3 is 2.39 bits per heavy atom. The lowest BCUT2D eigenvalue weighted by molar-refractivity contribution is -0.120. The number of aromatic nitrogens is 2. The third-order valence-corrected chi connectivity index (χ3v) is 4.28. The van der Waals surface area contributed by atoms with Gasteiger partial charge in [-0.25, -0.2) is 0 Å². The summed E-state index contributed by atoms with van der Waals surface area (Å²) in [6, 6.07) is 7.75. The fraction of sp³-hybridized carbons (Fsp3) is 0.471. The first kappa shape index (κ1) is 17.5. The average Bonchev–Trinajstić information content (AvgIpc) is 2.96. The Bertz CT molecular complexity index is 679. The van der Waals surface area contributed by atoms with E-state index in [1.54, 1.807) is 0 Å². The molecule has 5 nitrogen and oxygen atoms in total. The molecule has 1 amide bonds. The molecule has 6 heteroatoms. The Hall–Kier alpha value is -1.88. The van der Waals surface area contributed by atoms with Crippen molar-refractivity contribution in [2.75, 3.05) is 0 Å². The summed E-state index contributed by atoms with van der Waals surface area (Å²) in [5.74, 6) is 1.14. The summed E-state index contributed by atoms with van der Waals surface area (Å²) in [7, 11) is 0. The van der Waals surface area contributed by atoms with Gasteiger partial charge >= 0.3 is 0 Å². The highest BCUT2D eigenvalue weighted by Gasteiger charge is 2.30. The number of nitrogens with one attached hydrogen (secondary N) is 1. The monoisotopic (exact) mass is 335 g/mol.